The first-order valence-electron chi connectivity index (χ1n) is 11.8. The van der Waals surface area contributed by atoms with Crippen molar-refractivity contribution in [1.82, 2.24) is 5.32 Å². The van der Waals surface area contributed by atoms with Gasteiger partial charge in [-0.1, -0.05) is 61.5 Å². The Balaban J connectivity index is 1.34. The second kappa shape index (κ2) is 10.6. The minimum Gasteiger partial charge on any atom is -0.488 e. The third-order valence-corrected chi connectivity index (χ3v) is 7.02. The summed E-state index contributed by atoms with van der Waals surface area (Å²) in [6, 6.07) is 26.2. The molecule has 1 heterocycles. The molecule has 4 aromatic rings. The number of nitrogens with zero attached hydrogens (tertiary/aromatic N) is 1. The maximum atomic E-state index is 13.2. The summed E-state index contributed by atoms with van der Waals surface area (Å²) in [5.41, 5.74) is 3.08. The molecule has 6 nitrogen and oxygen atoms in total. The zero-order chi connectivity index (χ0) is 25.9. The number of hydrogen-bond donors (Lipinski definition) is 1. The van der Waals surface area contributed by atoms with Gasteiger partial charge in [-0.05, 0) is 92.9 Å². The van der Waals surface area contributed by atoms with Crippen LogP contribution in [-0.4, -0.2) is 17.8 Å². The predicted molar refractivity (Wildman–Crippen MR) is 152 cm³/mol. The molecule has 4 amide bonds. The van der Waals surface area contributed by atoms with Crippen molar-refractivity contribution in [3.05, 3.63) is 111 Å². The zero-order valence-electron chi connectivity index (χ0n) is 20.0. The number of nitrogens with one attached hydrogen (secondary N) is 1. The fraction of sp³-hybridized carbons (Fsp3) is 0.100. The van der Waals surface area contributed by atoms with Crippen LogP contribution in [0.4, 0.5) is 10.5 Å². The summed E-state index contributed by atoms with van der Waals surface area (Å²) in [5, 5.41) is 4.60. The first kappa shape index (κ1) is 24.7. The Hall–Kier alpha value is -3.98. The van der Waals surface area contributed by atoms with E-state index in [1.54, 1.807) is 18.2 Å². The number of aryl methyl sites for hydroxylation is 1. The lowest BCUT2D eigenvalue weighted by Gasteiger charge is -2.26. The normalized spacial score (nSPS) is 14.8. The van der Waals surface area contributed by atoms with Crippen LogP contribution < -0.4 is 15.0 Å². The number of imide groups is 2. The van der Waals surface area contributed by atoms with Crippen LogP contribution in [-0.2, 0) is 22.6 Å². The third-order valence-electron chi connectivity index (χ3n) is 6.18. The average Bonchev–Trinajstić information content (AvgIpc) is 2.90. The first-order chi connectivity index (χ1) is 17.9. The summed E-state index contributed by atoms with van der Waals surface area (Å²) in [5.74, 6) is -0.684. The van der Waals surface area contributed by atoms with E-state index in [0.29, 0.717) is 23.6 Å². The number of anilines is 1. The number of ether oxygens (including phenoxy) is 1. The second-order valence-electron chi connectivity index (χ2n) is 8.64. The van der Waals surface area contributed by atoms with Crippen molar-refractivity contribution in [2.75, 3.05) is 4.90 Å². The Morgan fingerprint density at radius 1 is 0.865 bits per heavy atom. The molecule has 0 atom stereocenters. The highest BCUT2D eigenvalue weighted by Gasteiger charge is 2.36. The molecule has 7 heteroatoms. The largest absolute Gasteiger partial charge is 0.488 e. The fourth-order valence-electron chi connectivity index (χ4n) is 4.15. The Bertz CT molecular complexity index is 1560. The third kappa shape index (κ3) is 5.27. The number of barbiturate groups is 1. The molecule has 1 aliphatic heterocycles. The molecule has 1 N–H and O–H groups in total. The van der Waals surface area contributed by atoms with Crippen LogP contribution in [0, 0.1) is 3.57 Å². The fourth-order valence-corrected chi connectivity index (χ4v) is 4.85. The van der Waals surface area contributed by atoms with Crippen LogP contribution in [0.2, 0.25) is 0 Å². The lowest BCUT2D eigenvalue weighted by Crippen LogP contribution is -2.54. The number of carbonyl (C=O) groups excluding carboxylic acids is 3. The van der Waals surface area contributed by atoms with E-state index in [0.717, 1.165) is 31.4 Å². The van der Waals surface area contributed by atoms with Gasteiger partial charge in [-0.3, -0.25) is 14.9 Å². The van der Waals surface area contributed by atoms with Crippen molar-refractivity contribution in [1.29, 1.82) is 0 Å². The van der Waals surface area contributed by atoms with Crippen LogP contribution in [0.1, 0.15) is 23.6 Å². The molecule has 37 heavy (non-hydrogen) atoms. The van der Waals surface area contributed by atoms with Gasteiger partial charge in [-0.15, -0.1) is 0 Å². The second-order valence-corrected chi connectivity index (χ2v) is 9.80. The van der Waals surface area contributed by atoms with Gasteiger partial charge in [-0.2, -0.15) is 0 Å². The van der Waals surface area contributed by atoms with Crippen molar-refractivity contribution in [3.63, 3.8) is 0 Å². The summed E-state index contributed by atoms with van der Waals surface area (Å²) in [6.45, 7) is 2.43. The Morgan fingerprint density at radius 3 is 2.32 bits per heavy atom. The number of amides is 4. The van der Waals surface area contributed by atoms with Crippen LogP contribution >= 0.6 is 22.6 Å². The molecule has 0 aromatic heterocycles. The molecular formula is C30H23IN2O4. The molecule has 0 bridgehead atoms. The van der Waals surface area contributed by atoms with E-state index in [1.165, 1.54) is 11.5 Å². The molecule has 184 valence electrons. The number of benzene rings is 4. The highest BCUT2D eigenvalue weighted by Crippen LogP contribution is 2.27. The van der Waals surface area contributed by atoms with E-state index in [1.807, 2.05) is 49.4 Å². The van der Waals surface area contributed by atoms with Gasteiger partial charge in [-0.25, -0.2) is 9.69 Å². The number of urea groups is 1. The van der Waals surface area contributed by atoms with Gasteiger partial charge < -0.3 is 4.74 Å². The molecule has 0 radical (unpaired) electrons. The first-order valence-corrected chi connectivity index (χ1v) is 12.9. The van der Waals surface area contributed by atoms with E-state index in [4.69, 9.17) is 4.74 Å². The molecule has 5 rings (SSSR count). The molecule has 0 unspecified atom stereocenters. The minimum absolute atomic E-state index is 0.111. The lowest BCUT2D eigenvalue weighted by molar-refractivity contribution is -0.122. The molecule has 0 aliphatic carbocycles. The quantitative estimate of drug-likeness (QED) is 0.161. The molecular weight excluding hydrogens is 579 g/mol. The number of fused-ring (bicyclic) bond motifs is 1. The number of hydrogen-bond acceptors (Lipinski definition) is 4. The average molecular weight is 602 g/mol. The van der Waals surface area contributed by atoms with Crippen molar-refractivity contribution in [3.8, 4) is 5.75 Å². The van der Waals surface area contributed by atoms with E-state index in [9.17, 15) is 14.4 Å². The van der Waals surface area contributed by atoms with Crippen molar-refractivity contribution in [2.24, 2.45) is 0 Å². The lowest BCUT2D eigenvalue weighted by atomic mass is 10.1. The summed E-state index contributed by atoms with van der Waals surface area (Å²) in [4.78, 5) is 39.1. The van der Waals surface area contributed by atoms with Gasteiger partial charge in [0, 0.05) is 0 Å². The molecule has 1 fully saturated rings. The van der Waals surface area contributed by atoms with Gasteiger partial charge in [0.25, 0.3) is 11.8 Å². The van der Waals surface area contributed by atoms with Crippen LogP contribution in [0.3, 0.4) is 0 Å². The maximum Gasteiger partial charge on any atom is 0.335 e. The highest BCUT2D eigenvalue weighted by molar-refractivity contribution is 14.1. The van der Waals surface area contributed by atoms with Crippen LogP contribution in [0.15, 0.2) is 90.5 Å². The van der Waals surface area contributed by atoms with Gasteiger partial charge in [0.1, 0.15) is 17.9 Å². The SMILES string of the molecule is CCc1ccc(N2C(=O)NC(=O)/C(=C/c3ccc(OCc4ccc5ccccc5c4)c(I)c3)C2=O)cc1. The zero-order valence-corrected chi connectivity index (χ0v) is 22.2. The highest BCUT2D eigenvalue weighted by atomic mass is 127. The Labute approximate surface area is 228 Å². The van der Waals surface area contributed by atoms with Gasteiger partial charge in [0.15, 0.2) is 0 Å². The number of halogens is 1. The van der Waals surface area contributed by atoms with Crippen molar-refractivity contribution >= 4 is 63.0 Å². The molecule has 1 saturated heterocycles. The topological polar surface area (TPSA) is 75.7 Å². The molecule has 0 saturated carbocycles. The smallest absolute Gasteiger partial charge is 0.335 e. The van der Waals surface area contributed by atoms with E-state index in [-0.39, 0.29) is 5.57 Å². The van der Waals surface area contributed by atoms with Gasteiger partial charge in [0.05, 0.1) is 9.26 Å². The van der Waals surface area contributed by atoms with Gasteiger partial charge >= 0.3 is 6.03 Å². The summed E-state index contributed by atoms with van der Waals surface area (Å²) < 4.78 is 6.87. The molecule has 0 spiro atoms. The maximum absolute atomic E-state index is 13.2. The molecule has 1 aliphatic rings. The number of rotatable bonds is 6. The van der Waals surface area contributed by atoms with Crippen molar-refractivity contribution < 1.29 is 19.1 Å². The van der Waals surface area contributed by atoms with Crippen molar-refractivity contribution in [2.45, 2.75) is 20.0 Å². The Morgan fingerprint density at radius 2 is 1.59 bits per heavy atom. The predicted octanol–water partition coefficient (Wildman–Crippen LogP) is 6.25. The monoisotopic (exact) mass is 602 g/mol. The van der Waals surface area contributed by atoms with E-state index < -0.39 is 17.8 Å². The Kier molecular flexibility index (Phi) is 7.05. The van der Waals surface area contributed by atoms with Gasteiger partial charge in [0.2, 0.25) is 0 Å². The van der Waals surface area contributed by atoms with Crippen LogP contribution in [0.5, 0.6) is 5.75 Å². The van der Waals surface area contributed by atoms with Crippen LogP contribution in [0.25, 0.3) is 16.8 Å². The summed E-state index contributed by atoms with van der Waals surface area (Å²) >= 11 is 2.17. The standard InChI is InChI=1S/C30H23IN2O4/c1-2-19-8-12-24(13-9-19)33-29(35)25(28(34)32-30(33)36)16-20-10-14-27(26(31)17-20)37-18-21-7-11-22-5-3-4-6-23(22)15-21/h3-17H,2,18H2,1H3,(H,32,34,36)/b25-16-. The minimum atomic E-state index is -0.761. The summed E-state index contributed by atoms with van der Waals surface area (Å²) in [6.07, 6.45) is 2.33. The van der Waals surface area contributed by atoms with E-state index >= 15 is 0 Å². The number of carbonyl (C=O) groups is 3. The summed E-state index contributed by atoms with van der Waals surface area (Å²) in [7, 11) is 0. The van der Waals surface area contributed by atoms with E-state index in [2.05, 4.69) is 52.2 Å². The molecule has 4 aromatic carbocycles.